The summed E-state index contributed by atoms with van der Waals surface area (Å²) in [5.41, 5.74) is 0.124. The van der Waals surface area contributed by atoms with Gasteiger partial charge in [-0.3, -0.25) is 9.59 Å². The van der Waals surface area contributed by atoms with Crippen molar-refractivity contribution < 1.29 is 9.90 Å². The zero-order valence-electron chi connectivity index (χ0n) is 6.52. The fourth-order valence-electron chi connectivity index (χ4n) is 0.778. The Hall–Kier alpha value is -1.65. The smallest absolute Gasteiger partial charge is 0.307 e. The predicted molar refractivity (Wildman–Crippen MR) is 40.8 cm³/mol. The first-order valence-corrected chi connectivity index (χ1v) is 3.33. The molecule has 0 amide bonds. The van der Waals surface area contributed by atoms with Gasteiger partial charge in [0.25, 0.3) is 5.56 Å². The highest BCUT2D eigenvalue weighted by atomic mass is 16.4. The van der Waals surface area contributed by atoms with Gasteiger partial charge in [0.15, 0.2) is 0 Å². The molecular weight excluding hydrogens is 160 g/mol. The second-order valence-electron chi connectivity index (χ2n) is 2.40. The van der Waals surface area contributed by atoms with Crippen LogP contribution in [0.2, 0.25) is 0 Å². The minimum Gasteiger partial charge on any atom is -0.481 e. The molecule has 0 bridgehead atoms. The van der Waals surface area contributed by atoms with Gasteiger partial charge in [-0.15, -0.1) is 0 Å². The van der Waals surface area contributed by atoms with Crippen molar-refractivity contribution in [2.75, 3.05) is 0 Å². The molecule has 0 atom stereocenters. The van der Waals surface area contributed by atoms with E-state index < -0.39 is 5.97 Å². The van der Waals surface area contributed by atoms with Crippen LogP contribution in [0.25, 0.3) is 0 Å². The van der Waals surface area contributed by atoms with Crippen LogP contribution in [0.15, 0.2) is 17.1 Å². The van der Waals surface area contributed by atoms with Crippen molar-refractivity contribution in [1.82, 2.24) is 9.78 Å². The molecule has 0 aliphatic rings. The van der Waals surface area contributed by atoms with Crippen LogP contribution >= 0.6 is 0 Å². The lowest BCUT2D eigenvalue weighted by atomic mass is 10.2. The van der Waals surface area contributed by atoms with E-state index in [1.807, 2.05) is 0 Å². The Balaban J connectivity index is 2.97. The fourth-order valence-corrected chi connectivity index (χ4v) is 0.778. The van der Waals surface area contributed by atoms with E-state index in [2.05, 4.69) is 5.10 Å². The van der Waals surface area contributed by atoms with Crippen LogP contribution in [0.1, 0.15) is 5.56 Å². The summed E-state index contributed by atoms with van der Waals surface area (Å²) < 4.78 is 1.14. The molecule has 1 heterocycles. The van der Waals surface area contributed by atoms with Gasteiger partial charge in [-0.1, -0.05) is 0 Å². The Morgan fingerprint density at radius 3 is 2.92 bits per heavy atom. The van der Waals surface area contributed by atoms with Crippen molar-refractivity contribution in [2.45, 2.75) is 6.42 Å². The molecule has 5 heteroatoms. The molecule has 1 aromatic heterocycles. The first kappa shape index (κ1) is 8.45. The number of aromatic nitrogens is 2. The van der Waals surface area contributed by atoms with Gasteiger partial charge in [0.05, 0.1) is 12.6 Å². The summed E-state index contributed by atoms with van der Waals surface area (Å²) in [6.45, 7) is 0. The third-order valence-corrected chi connectivity index (χ3v) is 1.38. The minimum absolute atomic E-state index is 0.164. The van der Waals surface area contributed by atoms with Crippen LogP contribution in [0.5, 0.6) is 0 Å². The third kappa shape index (κ3) is 1.91. The Bertz CT molecular complexity index is 356. The Morgan fingerprint density at radius 1 is 1.75 bits per heavy atom. The number of aliphatic carboxylic acids is 1. The van der Waals surface area contributed by atoms with E-state index in [0.29, 0.717) is 5.56 Å². The first-order chi connectivity index (χ1) is 5.59. The number of carboxylic acids is 1. The number of aryl methyl sites for hydroxylation is 1. The van der Waals surface area contributed by atoms with Crippen molar-refractivity contribution in [1.29, 1.82) is 0 Å². The Labute approximate surface area is 68.3 Å². The maximum Gasteiger partial charge on any atom is 0.307 e. The van der Waals surface area contributed by atoms with Crippen LogP contribution in [0.4, 0.5) is 0 Å². The molecule has 1 aromatic rings. The van der Waals surface area contributed by atoms with Gasteiger partial charge >= 0.3 is 5.97 Å². The van der Waals surface area contributed by atoms with E-state index in [9.17, 15) is 9.59 Å². The van der Waals surface area contributed by atoms with E-state index in [1.165, 1.54) is 19.3 Å². The summed E-state index contributed by atoms with van der Waals surface area (Å²) >= 11 is 0. The molecule has 0 aromatic carbocycles. The van der Waals surface area contributed by atoms with E-state index in [4.69, 9.17) is 5.11 Å². The van der Waals surface area contributed by atoms with Crippen molar-refractivity contribution in [3.63, 3.8) is 0 Å². The predicted octanol–water partition coefficient (Wildman–Crippen LogP) is -0.593. The summed E-state index contributed by atoms with van der Waals surface area (Å²) in [6.07, 6.45) is 1.21. The zero-order chi connectivity index (χ0) is 9.14. The van der Waals surface area contributed by atoms with E-state index >= 15 is 0 Å². The molecule has 0 aliphatic heterocycles. The SMILES string of the molecule is Cn1ncc(CC(=O)O)cc1=O. The lowest BCUT2D eigenvalue weighted by molar-refractivity contribution is -0.136. The van der Waals surface area contributed by atoms with Gasteiger partial charge in [-0.05, 0) is 5.56 Å². The molecule has 0 saturated carbocycles. The Morgan fingerprint density at radius 2 is 2.42 bits per heavy atom. The maximum atomic E-state index is 10.9. The Kier molecular flexibility index (Phi) is 2.23. The number of hydrogen-bond acceptors (Lipinski definition) is 3. The van der Waals surface area contributed by atoms with Gasteiger partial charge in [0.1, 0.15) is 0 Å². The van der Waals surface area contributed by atoms with Crippen molar-refractivity contribution in [2.24, 2.45) is 7.05 Å². The average molecular weight is 168 g/mol. The van der Waals surface area contributed by atoms with Gasteiger partial charge in [0.2, 0.25) is 0 Å². The van der Waals surface area contributed by atoms with Crippen LogP contribution in [-0.4, -0.2) is 20.9 Å². The second-order valence-corrected chi connectivity index (χ2v) is 2.40. The van der Waals surface area contributed by atoms with E-state index in [0.717, 1.165) is 4.68 Å². The summed E-state index contributed by atoms with van der Waals surface area (Å²) in [7, 11) is 1.51. The molecule has 0 unspecified atom stereocenters. The van der Waals surface area contributed by atoms with Gasteiger partial charge in [-0.2, -0.15) is 5.10 Å². The molecule has 12 heavy (non-hydrogen) atoms. The molecule has 64 valence electrons. The highest BCUT2D eigenvalue weighted by molar-refractivity contribution is 5.69. The van der Waals surface area contributed by atoms with Crippen molar-refractivity contribution in [3.8, 4) is 0 Å². The molecule has 1 rings (SSSR count). The van der Waals surface area contributed by atoms with Crippen LogP contribution in [0, 0.1) is 0 Å². The summed E-state index contributed by atoms with van der Waals surface area (Å²) in [5.74, 6) is -0.968. The van der Waals surface area contributed by atoms with Crippen LogP contribution in [-0.2, 0) is 18.3 Å². The summed E-state index contributed by atoms with van der Waals surface area (Å²) in [4.78, 5) is 21.2. The van der Waals surface area contributed by atoms with Gasteiger partial charge in [-0.25, -0.2) is 4.68 Å². The molecule has 0 fully saturated rings. The fraction of sp³-hybridized carbons (Fsp3) is 0.286. The molecule has 0 spiro atoms. The number of carboxylic acid groups (broad SMARTS) is 1. The quantitative estimate of drug-likeness (QED) is 0.640. The van der Waals surface area contributed by atoms with Crippen LogP contribution in [0.3, 0.4) is 0 Å². The lowest BCUT2D eigenvalue weighted by Gasteiger charge is -1.96. The first-order valence-electron chi connectivity index (χ1n) is 3.33. The van der Waals surface area contributed by atoms with Crippen molar-refractivity contribution >= 4 is 5.97 Å². The summed E-state index contributed by atoms with van der Waals surface area (Å²) in [5, 5.41) is 12.1. The number of carbonyl (C=O) groups is 1. The number of rotatable bonds is 2. The van der Waals surface area contributed by atoms with Crippen molar-refractivity contribution in [3.05, 3.63) is 28.2 Å². The average Bonchev–Trinajstić information content (AvgIpc) is 1.96. The molecular formula is C7H8N2O3. The van der Waals surface area contributed by atoms with Crippen LogP contribution < -0.4 is 5.56 Å². The topological polar surface area (TPSA) is 72.2 Å². The number of nitrogens with zero attached hydrogens (tertiary/aromatic N) is 2. The number of hydrogen-bond donors (Lipinski definition) is 1. The van der Waals surface area contributed by atoms with E-state index in [-0.39, 0.29) is 12.0 Å². The zero-order valence-corrected chi connectivity index (χ0v) is 6.52. The molecule has 5 nitrogen and oxygen atoms in total. The van der Waals surface area contributed by atoms with E-state index in [1.54, 1.807) is 0 Å². The monoisotopic (exact) mass is 168 g/mol. The third-order valence-electron chi connectivity index (χ3n) is 1.38. The molecule has 1 N–H and O–H groups in total. The largest absolute Gasteiger partial charge is 0.481 e. The van der Waals surface area contributed by atoms with Gasteiger partial charge in [0, 0.05) is 13.1 Å². The second kappa shape index (κ2) is 3.17. The molecule has 0 aliphatic carbocycles. The maximum absolute atomic E-state index is 10.9. The molecule has 0 radical (unpaired) electrons. The minimum atomic E-state index is -0.968. The standard InChI is InChI=1S/C7H8N2O3/c1-9-6(10)2-5(4-8-9)3-7(11)12/h2,4H,3H2,1H3,(H,11,12). The normalized spacial score (nSPS) is 9.75. The van der Waals surface area contributed by atoms with Gasteiger partial charge < -0.3 is 5.11 Å². The highest BCUT2D eigenvalue weighted by Crippen LogP contribution is 1.92. The molecule has 0 saturated heterocycles. The highest BCUT2D eigenvalue weighted by Gasteiger charge is 2.01. The lowest BCUT2D eigenvalue weighted by Crippen LogP contribution is -2.19. The summed E-state index contributed by atoms with van der Waals surface area (Å²) in [6, 6.07) is 1.26.